The molecule has 0 fully saturated rings. The van der Waals surface area contributed by atoms with Gasteiger partial charge in [-0.1, -0.05) is 0 Å². The van der Waals surface area contributed by atoms with E-state index in [2.05, 4.69) is 0 Å². The molecule has 0 aromatic heterocycles. The molecule has 6 heteroatoms. The van der Waals surface area contributed by atoms with Gasteiger partial charge in [0, 0.05) is 7.05 Å². The van der Waals surface area contributed by atoms with E-state index >= 15 is 0 Å². The fourth-order valence-corrected chi connectivity index (χ4v) is 3.26. The molecule has 1 aromatic carbocycles. The van der Waals surface area contributed by atoms with Crippen LogP contribution in [0, 0.1) is 0 Å². The molecule has 0 saturated carbocycles. The van der Waals surface area contributed by atoms with E-state index in [0.29, 0.717) is 24.5 Å². The molecule has 0 atom stereocenters. The lowest BCUT2D eigenvalue weighted by Crippen LogP contribution is -2.29. The van der Waals surface area contributed by atoms with Crippen LogP contribution in [0.3, 0.4) is 0 Å². The summed E-state index contributed by atoms with van der Waals surface area (Å²) in [6.45, 7) is 1.77. The highest BCUT2D eigenvalue weighted by Gasteiger charge is 2.20. The number of benzene rings is 1. The number of fused-ring (bicyclic) bond motifs is 1. The zero-order valence-electron chi connectivity index (χ0n) is 10.4. The van der Waals surface area contributed by atoms with Crippen LogP contribution < -0.4 is 15.4 Å². The van der Waals surface area contributed by atoms with Gasteiger partial charge in [-0.25, -0.2) is 8.42 Å². The summed E-state index contributed by atoms with van der Waals surface area (Å²) in [5, 5.41) is 0. The van der Waals surface area contributed by atoms with Crippen LogP contribution in [0.2, 0.25) is 0 Å². The Labute approximate surface area is 107 Å². The molecule has 0 bridgehead atoms. The van der Waals surface area contributed by atoms with Gasteiger partial charge in [0.2, 0.25) is 0 Å². The molecular formula is C12H18N2O3S. The van der Waals surface area contributed by atoms with Crippen LogP contribution in [-0.4, -0.2) is 40.9 Å². The van der Waals surface area contributed by atoms with Crippen molar-refractivity contribution in [1.82, 2.24) is 0 Å². The standard InChI is InChI=1S/C12H18N2O3S/c1-14-6-7-17-12-4-3-10(9-11(12)14)18(15,16)8-2-5-13/h3-4,9H,2,5-8,13H2,1H3. The molecule has 1 aliphatic rings. The minimum absolute atomic E-state index is 0.0901. The number of likely N-dealkylation sites (N-methyl/N-ethyl adjacent to an activating group) is 1. The van der Waals surface area contributed by atoms with Gasteiger partial charge in [-0.05, 0) is 31.2 Å². The summed E-state index contributed by atoms with van der Waals surface area (Å²) in [4.78, 5) is 2.34. The predicted molar refractivity (Wildman–Crippen MR) is 70.9 cm³/mol. The Morgan fingerprint density at radius 2 is 2.22 bits per heavy atom. The Kier molecular flexibility index (Phi) is 3.77. The maximum absolute atomic E-state index is 12.1. The fraction of sp³-hybridized carbons (Fsp3) is 0.500. The molecule has 2 N–H and O–H groups in total. The molecule has 0 unspecified atom stereocenters. The lowest BCUT2D eigenvalue weighted by Gasteiger charge is -2.28. The largest absolute Gasteiger partial charge is 0.490 e. The molecule has 1 aliphatic heterocycles. The van der Waals surface area contributed by atoms with E-state index in [-0.39, 0.29) is 5.75 Å². The second-order valence-corrected chi connectivity index (χ2v) is 6.47. The highest BCUT2D eigenvalue weighted by molar-refractivity contribution is 7.91. The van der Waals surface area contributed by atoms with Crippen molar-refractivity contribution in [3.8, 4) is 5.75 Å². The van der Waals surface area contributed by atoms with Crippen molar-refractivity contribution in [1.29, 1.82) is 0 Å². The Bertz CT molecular complexity index is 528. The zero-order valence-corrected chi connectivity index (χ0v) is 11.2. The van der Waals surface area contributed by atoms with Crippen LogP contribution in [0.25, 0.3) is 0 Å². The number of ether oxygens (including phenoxy) is 1. The zero-order chi connectivity index (χ0) is 13.2. The third-order valence-corrected chi connectivity index (χ3v) is 4.80. The molecule has 18 heavy (non-hydrogen) atoms. The molecule has 0 aliphatic carbocycles. The smallest absolute Gasteiger partial charge is 0.178 e. The van der Waals surface area contributed by atoms with Gasteiger partial charge in [0.25, 0.3) is 0 Å². The van der Waals surface area contributed by atoms with Gasteiger partial charge < -0.3 is 15.4 Å². The van der Waals surface area contributed by atoms with Gasteiger partial charge in [0.1, 0.15) is 12.4 Å². The minimum atomic E-state index is -3.24. The first kappa shape index (κ1) is 13.2. The number of nitrogens with zero attached hydrogens (tertiary/aromatic N) is 1. The van der Waals surface area contributed by atoms with E-state index in [0.717, 1.165) is 18.0 Å². The summed E-state index contributed by atoms with van der Waals surface area (Å²) in [7, 11) is -1.31. The van der Waals surface area contributed by atoms with Gasteiger partial charge in [-0.2, -0.15) is 0 Å². The molecular weight excluding hydrogens is 252 g/mol. The Balaban J connectivity index is 2.33. The summed E-state index contributed by atoms with van der Waals surface area (Å²) in [6, 6.07) is 5.00. The maximum Gasteiger partial charge on any atom is 0.178 e. The molecule has 1 heterocycles. The van der Waals surface area contributed by atoms with E-state index in [9.17, 15) is 8.42 Å². The van der Waals surface area contributed by atoms with E-state index < -0.39 is 9.84 Å². The van der Waals surface area contributed by atoms with Crippen molar-refractivity contribution in [2.24, 2.45) is 5.73 Å². The van der Waals surface area contributed by atoms with Gasteiger partial charge in [0.05, 0.1) is 22.9 Å². The van der Waals surface area contributed by atoms with Crippen LogP contribution in [0.5, 0.6) is 5.75 Å². The van der Waals surface area contributed by atoms with Crippen molar-refractivity contribution in [3.63, 3.8) is 0 Å². The molecule has 2 rings (SSSR count). The van der Waals surface area contributed by atoms with E-state index in [4.69, 9.17) is 10.5 Å². The van der Waals surface area contributed by atoms with Crippen molar-refractivity contribution in [2.75, 3.05) is 37.4 Å². The summed E-state index contributed by atoms with van der Waals surface area (Å²) in [5.74, 6) is 0.828. The van der Waals surface area contributed by atoms with E-state index in [1.54, 1.807) is 18.2 Å². The van der Waals surface area contributed by atoms with Crippen molar-refractivity contribution < 1.29 is 13.2 Å². The highest BCUT2D eigenvalue weighted by atomic mass is 32.2. The average molecular weight is 270 g/mol. The minimum Gasteiger partial charge on any atom is -0.490 e. The Morgan fingerprint density at radius 1 is 1.44 bits per heavy atom. The summed E-state index contributed by atoms with van der Waals surface area (Å²) < 4.78 is 29.6. The second-order valence-electron chi connectivity index (χ2n) is 4.36. The molecule has 0 saturated heterocycles. The summed E-state index contributed by atoms with van der Waals surface area (Å²) in [6.07, 6.45) is 0.478. The predicted octanol–water partition coefficient (Wildman–Crippen LogP) is 0.638. The first-order valence-electron chi connectivity index (χ1n) is 5.95. The molecule has 0 spiro atoms. The summed E-state index contributed by atoms with van der Waals surface area (Å²) >= 11 is 0. The molecule has 100 valence electrons. The van der Waals surface area contributed by atoms with E-state index in [1.807, 2.05) is 11.9 Å². The second kappa shape index (κ2) is 5.16. The number of hydrogen-bond donors (Lipinski definition) is 1. The highest BCUT2D eigenvalue weighted by Crippen LogP contribution is 2.33. The van der Waals surface area contributed by atoms with Crippen molar-refractivity contribution >= 4 is 15.5 Å². The Hall–Kier alpha value is -1.27. The quantitative estimate of drug-likeness (QED) is 0.869. The lowest BCUT2D eigenvalue weighted by atomic mass is 10.2. The van der Waals surface area contributed by atoms with Crippen LogP contribution in [0.4, 0.5) is 5.69 Å². The van der Waals surface area contributed by atoms with Gasteiger partial charge in [-0.15, -0.1) is 0 Å². The third-order valence-electron chi connectivity index (χ3n) is 3.00. The molecule has 0 radical (unpaired) electrons. The van der Waals surface area contributed by atoms with Gasteiger partial charge in [-0.3, -0.25) is 0 Å². The number of nitrogens with two attached hydrogens (primary N) is 1. The molecule has 5 nitrogen and oxygen atoms in total. The van der Waals surface area contributed by atoms with E-state index in [1.165, 1.54) is 0 Å². The number of hydrogen-bond acceptors (Lipinski definition) is 5. The third kappa shape index (κ3) is 2.59. The van der Waals surface area contributed by atoms with Crippen molar-refractivity contribution in [3.05, 3.63) is 18.2 Å². The fourth-order valence-electron chi connectivity index (χ4n) is 1.92. The van der Waals surface area contributed by atoms with Crippen molar-refractivity contribution in [2.45, 2.75) is 11.3 Å². The van der Waals surface area contributed by atoms with Crippen LogP contribution in [-0.2, 0) is 9.84 Å². The average Bonchev–Trinajstić information content (AvgIpc) is 2.36. The summed E-state index contributed by atoms with van der Waals surface area (Å²) in [5.41, 5.74) is 6.18. The first-order valence-corrected chi connectivity index (χ1v) is 7.60. The first-order chi connectivity index (χ1) is 8.54. The monoisotopic (exact) mass is 270 g/mol. The Morgan fingerprint density at radius 3 is 2.94 bits per heavy atom. The number of sulfone groups is 1. The number of rotatable bonds is 4. The molecule has 1 aromatic rings. The number of anilines is 1. The van der Waals surface area contributed by atoms with Gasteiger partial charge in [0.15, 0.2) is 9.84 Å². The normalized spacial score (nSPS) is 15.1. The molecule has 0 amide bonds. The topological polar surface area (TPSA) is 72.6 Å². The van der Waals surface area contributed by atoms with Gasteiger partial charge >= 0.3 is 0 Å². The lowest BCUT2D eigenvalue weighted by molar-refractivity contribution is 0.311. The van der Waals surface area contributed by atoms with Crippen LogP contribution in [0.1, 0.15) is 6.42 Å². The van der Waals surface area contributed by atoms with Crippen LogP contribution >= 0.6 is 0 Å². The maximum atomic E-state index is 12.1. The SMILES string of the molecule is CN1CCOc2ccc(S(=O)(=O)CCCN)cc21. The van der Waals surface area contributed by atoms with Crippen LogP contribution in [0.15, 0.2) is 23.1 Å².